The lowest BCUT2D eigenvalue weighted by Crippen LogP contribution is -2.13. The quantitative estimate of drug-likeness (QED) is 0.461. The Hall–Kier alpha value is -3.72. The number of aryl methyl sites for hydroxylation is 1. The number of carbonyl (C=O) groups is 2. The second kappa shape index (κ2) is 8.19. The summed E-state index contributed by atoms with van der Waals surface area (Å²) in [7, 11) is 0. The van der Waals surface area contributed by atoms with Crippen molar-refractivity contribution in [3.8, 4) is 11.3 Å². The van der Waals surface area contributed by atoms with Gasteiger partial charge in [0.1, 0.15) is 22.0 Å². The third-order valence-corrected chi connectivity index (χ3v) is 5.37. The van der Waals surface area contributed by atoms with Crippen LogP contribution in [0.25, 0.3) is 21.6 Å². The van der Waals surface area contributed by atoms with E-state index in [1.165, 1.54) is 24.3 Å². The maximum absolute atomic E-state index is 13.9. The molecule has 0 fully saturated rings. The number of nitrogens with one attached hydrogen (secondary N) is 2. The van der Waals surface area contributed by atoms with Crippen molar-refractivity contribution in [3.05, 3.63) is 71.3 Å². The van der Waals surface area contributed by atoms with E-state index in [2.05, 4.69) is 20.6 Å². The molecule has 0 saturated carbocycles. The molecular weight excluding hydrogens is 422 g/mol. The summed E-state index contributed by atoms with van der Waals surface area (Å²) in [5, 5.41) is 5.55. The van der Waals surface area contributed by atoms with Crippen LogP contribution in [0.2, 0.25) is 0 Å². The van der Waals surface area contributed by atoms with Crippen molar-refractivity contribution in [1.82, 2.24) is 9.97 Å². The first-order valence-corrected chi connectivity index (χ1v) is 10.0. The Morgan fingerprint density at radius 3 is 2.52 bits per heavy atom. The van der Waals surface area contributed by atoms with Gasteiger partial charge in [-0.1, -0.05) is 17.4 Å². The molecule has 156 valence electrons. The topological polar surface area (TPSA) is 84.0 Å². The summed E-state index contributed by atoms with van der Waals surface area (Å²) in [5.74, 6) is -2.32. The lowest BCUT2D eigenvalue weighted by Gasteiger charge is -2.10. The molecule has 0 aliphatic rings. The summed E-state index contributed by atoms with van der Waals surface area (Å²) < 4.78 is 27.0. The number of fused-ring (bicyclic) bond motifs is 1. The van der Waals surface area contributed by atoms with Gasteiger partial charge in [0.05, 0.1) is 11.4 Å². The molecular formula is C22H16F2N4O2S. The number of aromatic nitrogens is 2. The van der Waals surface area contributed by atoms with Crippen LogP contribution in [-0.4, -0.2) is 21.8 Å². The number of hydrogen-bond acceptors (Lipinski definition) is 5. The average molecular weight is 438 g/mol. The number of halogens is 2. The fourth-order valence-corrected chi connectivity index (χ4v) is 3.88. The van der Waals surface area contributed by atoms with Gasteiger partial charge in [0, 0.05) is 24.1 Å². The molecule has 2 heterocycles. The average Bonchev–Trinajstić information content (AvgIpc) is 3.11. The van der Waals surface area contributed by atoms with Crippen molar-refractivity contribution in [2.24, 2.45) is 0 Å². The van der Waals surface area contributed by atoms with Gasteiger partial charge in [-0.05, 0) is 48.9 Å². The maximum atomic E-state index is 13.9. The monoisotopic (exact) mass is 438 g/mol. The van der Waals surface area contributed by atoms with Crippen LogP contribution in [0, 0.1) is 18.6 Å². The van der Waals surface area contributed by atoms with Crippen molar-refractivity contribution < 1.29 is 18.4 Å². The molecule has 0 radical (unpaired) electrons. The molecule has 6 nitrogen and oxygen atoms in total. The van der Waals surface area contributed by atoms with Gasteiger partial charge in [0.15, 0.2) is 5.13 Å². The Balaban J connectivity index is 1.65. The molecule has 0 aliphatic carbocycles. The standard InChI is InChI=1S/C22H16F2N4O2S/c1-11-3-4-13(20(30)26-18-6-5-14(23)10-16(18)24)9-15(11)17-7-8-19-21(27-17)31-22(28-19)25-12(2)29/h3-10H,1-2H3,(H,26,30)(H,25,28,29). The van der Waals surface area contributed by atoms with Gasteiger partial charge in [0.25, 0.3) is 5.91 Å². The first-order chi connectivity index (χ1) is 14.8. The van der Waals surface area contributed by atoms with Crippen LogP contribution in [0.5, 0.6) is 0 Å². The minimum Gasteiger partial charge on any atom is -0.319 e. The molecule has 0 saturated heterocycles. The van der Waals surface area contributed by atoms with Gasteiger partial charge >= 0.3 is 0 Å². The number of benzene rings is 2. The van der Waals surface area contributed by atoms with Crippen LogP contribution in [0.4, 0.5) is 19.6 Å². The van der Waals surface area contributed by atoms with Crippen LogP contribution in [0.3, 0.4) is 0 Å². The Morgan fingerprint density at radius 2 is 1.77 bits per heavy atom. The van der Waals surface area contributed by atoms with Gasteiger partial charge < -0.3 is 10.6 Å². The summed E-state index contributed by atoms with van der Waals surface area (Å²) in [6.07, 6.45) is 0. The van der Waals surface area contributed by atoms with E-state index in [1.54, 1.807) is 30.3 Å². The first-order valence-electron chi connectivity index (χ1n) is 9.23. The Bertz CT molecular complexity index is 1340. The van der Waals surface area contributed by atoms with Crippen molar-refractivity contribution in [3.63, 3.8) is 0 Å². The van der Waals surface area contributed by atoms with E-state index in [9.17, 15) is 18.4 Å². The number of anilines is 2. The van der Waals surface area contributed by atoms with Crippen molar-refractivity contribution >= 4 is 44.3 Å². The molecule has 2 N–H and O–H groups in total. The van der Waals surface area contributed by atoms with Gasteiger partial charge in [-0.2, -0.15) is 0 Å². The molecule has 31 heavy (non-hydrogen) atoms. The number of carbonyl (C=O) groups excluding carboxylic acids is 2. The van der Waals surface area contributed by atoms with E-state index in [4.69, 9.17) is 0 Å². The van der Waals surface area contributed by atoms with E-state index in [1.807, 2.05) is 6.92 Å². The van der Waals surface area contributed by atoms with E-state index >= 15 is 0 Å². The normalized spacial score (nSPS) is 10.8. The number of nitrogens with zero attached hydrogens (tertiary/aromatic N) is 2. The number of thiazole rings is 1. The van der Waals surface area contributed by atoms with Crippen LogP contribution < -0.4 is 10.6 Å². The molecule has 2 amide bonds. The highest BCUT2D eigenvalue weighted by molar-refractivity contribution is 7.21. The summed E-state index contributed by atoms with van der Waals surface area (Å²) in [6.45, 7) is 3.29. The molecule has 0 atom stereocenters. The lowest BCUT2D eigenvalue weighted by atomic mass is 10.0. The van der Waals surface area contributed by atoms with Crippen LogP contribution in [-0.2, 0) is 4.79 Å². The molecule has 2 aromatic carbocycles. The molecule has 0 spiro atoms. The smallest absolute Gasteiger partial charge is 0.255 e. The zero-order valence-corrected chi connectivity index (χ0v) is 17.3. The highest BCUT2D eigenvalue weighted by Crippen LogP contribution is 2.29. The lowest BCUT2D eigenvalue weighted by molar-refractivity contribution is -0.114. The minimum atomic E-state index is -0.854. The Labute approximate surface area is 180 Å². The first kappa shape index (κ1) is 20.5. The second-order valence-corrected chi connectivity index (χ2v) is 7.81. The molecule has 9 heteroatoms. The molecule has 0 aliphatic heterocycles. The number of rotatable bonds is 4. The van der Waals surface area contributed by atoms with E-state index < -0.39 is 17.5 Å². The largest absolute Gasteiger partial charge is 0.319 e. The minimum absolute atomic E-state index is 0.108. The fourth-order valence-electron chi connectivity index (χ4n) is 3.00. The third kappa shape index (κ3) is 4.41. The Morgan fingerprint density at radius 1 is 0.968 bits per heavy atom. The highest BCUT2D eigenvalue weighted by atomic mass is 32.1. The third-order valence-electron chi connectivity index (χ3n) is 4.49. The fraction of sp³-hybridized carbons (Fsp3) is 0.0909. The SMILES string of the molecule is CC(=O)Nc1nc2ccc(-c3cc(C(=O)Nc4ccc(F)cc4F)ccc3C)nc2s1. The molecule has 0 unspecified atom stereocenters. The van der Waals surface area contributed by atoms with Crippen LogP contribution in [0.15, 0.2) is 48.5 Å². The summed E-state index contributed by atoms with van der Waals surface area (Å²) >= 11 is 1.25. The molecule has 2 aromatic heterocycles. The Kier molecular flexibility index (Phi) is 5.43. The zero-order chi connectivity index (χ0) is 22.1. The number of amides is 2. The van der Waals surface area contributed by atoms with Crippen LogP contribution in [0.1, 0.15) is 22.8 Å². The number of hydrogen-bond donors (Lipinski definition) is 2. The predicted molar refractivity (Wildman–Crippen MR) is 116 cm³/mol. The second-order valence-electron chi connectivity index (χ2n) is 6.83. The van der Waals surface area contributed by atoms with Gasteiger partial charge in [-0.25, -0.2) is 18.7 Å². The van der Waals surface area contributed by atoms with E-state index in [0.29, 0.717) is 32.8 Å². The molecule has 4 rings (SSSR count). The highest BCUT2D eigenvalue weighted by Gasteiger charge is 2.14. The summed E-state index contributed by atoms with van der Waals surface area (Å²) in [6, 6.07) is 11.6. The van der Waals surface area contributed by atoms with E-state index in [-0.39, 0.29) is 11.6 Å². The van der Waals surface area contributed by atoms with Crippen molar-refractivity contribution in [1.29, 1.82) is 0 Å². The van der Waals surface area contributed by atoms with Gasteiger partial charge in [-0.15, -0.1) is 0 Å². The van der Waals surface area contributed by atoms with Crippen molar-refractivity contribution in [2.75, 3.05) is 10.6 Å². The van der Waals surface area contributed by atoms with Crippen molar-refractivity contribution in [2.45, 2.75) is 13.8 Å². The molecule has 0 bridgehead atoms. The van der Waals surface area contributed by atoms with E-state index in [0.717, 1.165) is 17.2 Å². The van der Waals surface area contributed by atoms with Gasteiger partial charge in [0.2, 0.25) is 5.91 Å². The van der Waals surface area contributed by atoms with Gasteiger partial charge in [-0.3, -0.25) is 9.59 Å². The van der Waals surface area contributed by atoms with Crippen LogP contribution >= 0.6 is 11.3 Å². The number of pyridine rings is 1. The maximum Gasteiger partial charge on any atom is 0.255 e. The summed E-state index contributed by atoms with van der Waals surface area (Å²) in [5.41, 5.74) is 3.09. The molecule has 4 aromatic rings. The summed E-state index contributed by atoms with van der Waals surface area (Å²) in [4.78, 5) is 33.4. The zero-order valence-electron chi connectivity index (χ0n) is 16.5. The predicted octanol–water partition coefficient (Wildman–Crippen LogP) is 5.16.